The highest BCUT2D eigenvalue weighted by molar-refractivity contribution is 7.92. The van der Waals surface area contributed by atoms with Gasteiger partial charge in [0.05, 0.1) is 10.1 Å². The molecule has 0 radical (unpaired) electrons. The van der Waals surface area contributed by atoms with Gasteiger partial charge in [-0.3, -0.25) is 0 Å². The summed E-state index contributed by atoms with van der Waals surface area (Å²) in [5.74, 6) is 0. The zero-order valence-corrected chi connectivity index (χ0v) is 14.1. The summed E-state index contributed by atoms with van der Waals surface area (Å²) in [7, 11) is -3.36. The van der Waals surface area contributed by atoms with Gasteiger partial charge in [0.2, 0.25) is 0 Å². The molecule has 1 saturated heterocycles. The number of hydrogen-bond donors (Lipinski definition) is 1. The summed E-state index contributed by atoms with van der Waals surface area (Å²) >= 11 is 0. The lowest BCUT2D eigenvalue weighted by molar-refractivity contribution is 0.200. The third kappa shape index (κ3) is 3.68. The van der Waals surface area contributed by atoms with Gasteiger partial charge in [-0.1, -0.05) is 37.5 Å². The van der Waals surface area contributed by atoms with Crippen molar-refractivity contribution < 1.29 is 13.2 Å². The van der Waals surface area contributed by atoms with Gasteiger partial charge in [-0.05, 0) is 31.4 Å². The fourth-order valence-corrected chi connectivity index (χ4v) is 5.19. The van der Waals surface area contributed by atoms with Gasteiger partial charge < -0.3 is 10.2 Å². The van der Waals surface area contributed by atoms with Crippen molar-refractivity contribution in [1.82, 2.24) is 10.2 Å². The normalized spacial score (nSPS) is 23.0. The van der Waals surface area contributed by atoms with Crippen LogP contribution in [0.3, 0.4) is 0 Å². The van der Waals surface area contributed by atoms with Crippen molar-refractivity contribution in [2.45, 2.75) is 54.7 Å². The predicted molar refractivity (Wildman–Crippen MR) is 89.0 cm³/mol. The van der Waals surface area contributed by atoms with E-state index in [0.29, 0.717) is 17.9 Å². The lowest BCUT2D eigenvalue weighted by Gasteiger charge is -2.26. The average Bonchev–Trinajstić information content (AvgIpc) is 3.07. The molecule has 1 aromatic rings. The number of amides is 2. The van der Waals surface area contributed by atoms with Gasteiger partial charge in [0.15, 0.2) is 9.84 Å². The number of sulfone groups is 1. The van der Waals surface area contributed by atoms with Crippen molar-refractivity contribution in [3.8, 4) is 0 Å². The van der Waals surface area contributed by atoms with Gasteiger partial charge in [-0.25, -0.2) is 13.2 Å². The lowest BCUT2D eigenvalue weighted by Crippen LogP contribution is -2.45. The largest absolute Gasteiger partial charge is 0.335 e. The van der Waals surface area contributed by atoms with Crippen molar-refractivity contribution in [3.63, 3.8) is 0 Å². The van der Waals surface area contributed by atoms with Crippen molar-refractivity contribution in [1.29, 1.82) is 0 Å². The van der Waals surface area contributed by atoms with Crippen LogP contribution in [0.25, 0.3) is 0 Å². The van der Waals surface area contributed by atoms with Crippen LogP contribution < -0.4 is 5.32 Å². The van der Waals surface area contributed by atoms with Gasteiger partial charge in [-0.15, -0.1) is 0 Å². The Hall–Kier alpha value is -1.56. The quantitative estimate of drug-likeness (QED) is 0.922. The molecule has 0 spiro atoms. The molecular formula is C17H24N2O3S. The van der Waals surface area contributed by atoms with E-state index in [1.165, 1.54) is 6.42 Å². The van der Waals surface area contributed by atoms with Crippen LogP contribution in [0.2, 0.25) is 0 Å². The second-order valence-electron chi connectivity index (χ2n) is 6.50. The number of hydrogen-bond acceptors (Lipinski definition) is 3. The van der Waals surface area contributed by atoms with Crippen LogP contribution in [0, 0.1) is 0 Å². The Morgan fingerprint density at radius 1 is 1.04 bits per heavy atom. The number of rotatable bonds is 3. The first-order valence-corrected chi connectivity index (χ1v) is 9.96. The van der Waals surface area contributed by atoms with E-state index in [-0.39, 0.29) is 18.6 Å². The maximum Gasteiger partial charge on any atom is 0.317 e. The number of carbonyl (C=O) groups excluding carboxylic acids is 1. The van der Waals surface area contributed by atoms with Crippen LogP contribution >= 0.6 is 0 Å². The number of nitrogens with zero attached hydrogens (tertiary/aromatic N) is 1. The first-order chi connectivity index (χ1) is 11.1. The van der Waals surface area contributed by atoms with E-state index < -0.39 is 15.1 Å². The van der Waals surface area contributed by atoms with Crippen LogP contribution in [0.5, 0.6) is 0 Å². The monoisotopic (exact) mass is 336 g/mol. The van der Waals surface area contributed by atoms with E-state index in [2.05, 4.69) is 5.32 Å². The first-order valence-electron chi connectivity index (χ1n) is 8.42. The molecule has 3 rings (SSSR count). The van der Waals surface area contributed by atoms with E-state index in [0.717, 1.165) is 25.7 Å². The maximum absolute atomic E-state index is 12.6. The Labute approximate surface area is 138 Å². The summed E-state index contributed by atoms with van der Waals surface area (Å²) in [4.78, 5) is 14.3. The van der Waals surface area contributed by atoms with Gasteiger partial charge in [0, 0.05) is 19.1 Å². The number of likely N-dealkylation sites (tertiary alicyclic amines) is 1. The molecule has 0 bridgehead atoms. The molecule has 2 aliphatic rings. The smallest absolute Gasteiger partial charge is 0.317 e. The lowest BCUT2D eigenvalue weighted by atomic mass is 9.96. The fourth-order valence-electron chi connectivity index (χ4n) is 3.48. The van der Waals surface area contributed by atoms with Crippen LogP contribution in [-0.2, 0) is 9.84 Å². The molecule has 23 heavy (non-hydrogen) atoms. The molecule has 126 valence electrons. The molecule has 2 amide bonds. The van der Waals surface area contributed by atoms with Gasteiger partial charge >= 0.3 is 6.03 Å². The Morgan fingerprint density at radius 3 is 2.43 bits per heavy atom. The molecule has 1 heterocycles. The summed E-state index contributed by atoms with van der Waals surface area (Å²) in [5.41, 5.74) is 0. The first kappa shape index (κ1) is 16.3. The molecule has 1 saturated carbocycles. The highest BCUT2D eigenvalue weighted by atomic mass is 32.2. The van der Waals surface area contributed by atoms with Crippen LogP contribution in [0.1, 0.15) is 38.5 Å². The van der Waals surface area contributed by atoms with Crippen LogP contribution in [-0.4, -0.2) is 43.7 Å². The van der Waals surface area contributed by atoms with Crippen LogP contribution in [0.15, 0.2) is 35.2 Å². The third-order valence-corrected chi connectivity index (χ3v) is 7.07. The van der Waals surface area contributed by atoms with Gasteiger partial charge in [0.25, 0.3) is 0 Å². The van der Waals surface area contributed by atoms with Crippen molar-refractivity contribution in [2.75, 3.05) is 13.1 Å². The fraction of sp³-hybridized carbons (Fsp3) is 0.588. The summed E-state index contributed by atoms with van der Waals surface area (Å²) in [6.07, 6.45) is 6.14. The average molecular weight is 336 g/mol. The summed E-state index contributed by atoms with van der Waals surface area (Å²) in [6, 6.07) is 8.66. The van der Waals surface area contributed by atoms with E-state index >= 15 is 0 Å². The standard InChI is InChI=1S/C17H24N2O3S/c20-17(18-14-7-3-1-4-8-14)19-12-11-16(13-19)23(21,22)15-9-5-2-6-10-15/h2,5-6,9-10,14,16H,1,3-4,7-8,11-13H2,(H,18,20). The Kier molecular flexibility index (Phi) is 4.90. The second-order valence-corrected chi connectivity index (χ2v) is 8.73. The molecule has 1 aliphatic carbocycles. The number of carbonyl (C=O) groups is 1. The van der Waals surface area contributed by atoms with E-state index in [4.69, 9.17) is 0 Å². The molecule has 1 aromatic carbocycles. The molecule has 1 aliphatic heterocycles. The second kappa shape index (κ2) is 6.91. The SMILES string of the molecule is O=C(NC1CCCCC1)N1CCC(S(=O)(=O)c2ccccc2)C1. The zero-order chi connectivity index (χ0) is 16.3. The van der Waals surface area contributed by atoms with Crippen molar-refractivity contribution in [3.05, 3.63) is 30.3 Å². The highest BCUT2D eigenvalue weighted by Crippen LogP contribution is 2.24. The molecule has 2 fully saturated rings. The molecule has 5 nitrogen and oxygen atoms in total. The van der Waals surface area contributed by atoms with E-state index in [1.54, 1.807) is 35.2 Å². The van der Waals surface area contributed by atoms with E-state index in [9.17, 15) is 13.2 Å². The summed E-state index contributed by atoms with van der Waals surface area (Å²) < 4.78 is 25.3. The minimum atomic E-state index is -3.36. The number of urea groups is 1. The Balaban J connectivity index is 1.60. The molecule has 6 heteroatoms. The Morgan fingerprint density at radius 2 is 1.74 bits per heavy atom. The van der Waals surface area contributed by atoms with E-state index in [1.807, 2.05) is 0 Å². The van der Waals surface area contributed by atoms with Crippen LogP contribution in [0.4, 0.5) is 4.79 Å². The predicted octanol–water partition coefficient (Wildman–Crippen LogP) is 2.58. The molecule has 1 N–H and O–H groups in total. The minimum Gasteiger partial charge on any atom is -0.335 e. The number of nitrogens with one attached hydrogen (secondary N) is 1. The maximum atomic E-state index is 12.6. The minimum absolute atomic E-state index is 0.109. The Bertz CT molecular complexity index is 639. The molecule has 1 atom stereocenters. The number of benzene rings is 1. The molecule has 0 aromatic heterocycles. The van der Waals surface area contributed by atoms with Crippen molar-refractivity contribution >= 4 is 15.9 Å². The highest BCUT2D eigenvalue weighted by Gasteiger charge is 2.36. The third-order valence-electron chi connectivity index (χ3n) is 4.88. The zero-order valence-electron chi connectivity index (χ0n) is 13.3. The topological polar surface area (TPSA) is 66.5 Å². The molecular weight excluding hydrogens is 312 g/mol. The van der Waals surface area contributed by atoms with Gasteiger partial charge in [-0.2, -0.15) is 0 Å². The molecule has 1 unspecified atom stereocenters. The summed E-state index contributed by atoms with van der Waals surface area (Å²) in [5, 5.41) is 2.57. The van der Waals surface area contributed by atoms with Gasteiger partial charge in [0.1, 0.15) is 0 Å². The van der Waals surface area contributed by atoms with Crippen molar-refractivity contribution in [2.24, 2.45) is 0 Å². The summed E-state index contributed by atoms with van der Waals surface area (Å²) in [6.45, 7) is 0.797.